The lowest BCUT2D eigenvalue weighted by Gasteiger charge is -2.10. The number of nitro benzene ring substituents is 1. The Labute approximate surface area is 115 Å². The lowest BCUT2D eigenvalue weighted by Crippen LogP contribution is -2.04. The first-order valence-electron chi connectivity index (χ1n) is 4.22. The number of rotatable bonds is 4. The Hall–Kier alpha value is -1.09. The molecule has 0 aliphatic heterocycles. The molecule has 6 nitrogen and oxygen atoms in total. The van der Waals surface area contributed by atoms with Crippen LogP contribution in [0, 0.1) is 13.7 Å². The molecule has 1 aromatic carbocycles. The van der Waals surface area contributed by atoms with E-state index in [-0.39, 0.29) is 26.3 Å². The molecule has 0 fully saturated rings. The zero-order valence-corrected chi connectivity index (χ0v) is 11.7. The Balaban J connectivity index is 3.69. The molecule has 1 rings (SSSR count). The zero-order valence-electron chi connectivity index (χ0n) is 8.82. The molecular formula is C9H7ClINO5. The van der Waals surface area contributed by atoms with Gasteiger partial charge in [-0.3, -0.25) is 14.9 Å². The molecule has 0 amide bonds. The summed E-state index contributed by atoms with van der Waals surface area (Å²) in [5.41, 5.74) is -0.326. The number of benzene rings is 1. The van der Waals surface area contributed by atoms with Crippen molar-refractivity contribution >= 4 is 45.1 Å². The van der Waals surface area contributed by atoms with Crippen LogP contribution in [0.2, 0.25) is 0 Å². The van der Waals surface area contributed by atoms with E-state index in [0.717, 1.165) is 0 Å². The molecule has 0 unspecified atom stereocenters. The first-order chi connectivity index (χ1) is 7.93. The van der Waals surface area contributed by atoms with Crippen molar-refractivity contribution in [2.45, 2.75) is 0 Å². The van der Waals surface area contributed by atoms with Crippen LogP contribution in [0.5, 0.6) is 11.5 Å². The number of halogens is 2. The number of nitro groups is 1. The number of carbonyl (C=O) groups is 1. The van der Waals surface area contributed by atoms with Gasteiger partial charge in [-0.1, -0.05) is 0 Å². The molecule has 0 N–H and O–H groups in total. The van der Waals surface area contributed by atoms with Gasteiger partial charge in [0.2, 0.25) is 5.75 Å². The van der Waals surface area contributed by atoms with Gasteiger partial charge in [0.15, 0.2) is 5.75 Å². The second-order valence-electron chi connectivity index (χ2n) is 2.85. The monoisotopic (exact) mass is 371 g/mol. The molecule has 0 radical (unpaired) electrons. The summed E-state index contributed by atoms with van der Waals surface area (Å²) < 4.78 is 9.96. The van der Waals surface area contributed by atoms with E-state index >= 15 is 0 Å². The van der Waals surface area contributed by atoms with E-state index in [0.29, 0.717) is 0 Å². The van der Waals surface area contributed by atoms with Gasteiger partial charge in [-0.25, -0.2) is 0 Å². The minimum Gasteiger partial charge on any atom is -0.493 e. The van der Waals surface area contributed by atoms with Crippen molar-refractivity contribution in [3.63, 3.8) is 0 Å². The molecule has 0 bridgehead atoms. The van der Waals surface area contributed by atoms with Gasteiger partial charge >= 0.3 is 5.69 Å². The van der Waals surface area contributed by atoms with Crippen LogP contribution in [-0.4, -0.2) is 24.4 Å². The zero-order chi connectivity index (χ0) is 13.2. The van der Waals surface area contributed by atoms with Gasteiger partial charge in [0.05, 0.1) is 24.7 Å². The first kappa shape index (κ1) is 14.0. The van der Waals surface area contributed by atoms with Crippen LogP contribution in [0.3, 0.4) is 0 Å². The number of hydrogen-bond acceptors (Lipinski definition) is 5. The molecule has 0 saturated carbocycles. The van der Waals surface area contributed by atoms with Crippen LogP contribution < -0.4 is 9.47 Å². The van der Waals surface area contributed by atoms with Gasteiger partial charge in [0, 0.05) is 0 Å². The van der Waals surface area contributed by atoms with Gasteiger partial charge in [0.1, 0.15) is 3.57 Å². The number of ether oxygens (including phenoxy) is 2. The third-order valence-electron chi connectivity index (χ3n) is 1.98. The van der Waals surface area contributed by atoms with Crippen molar-refractivity contribution in [2.75, 3.05) is 14.2 Å². The molecule has 0 spiro atoms. The summed E-state index contributed by atoms with van der Waals surface area (Å²) in [4.78, 5) is 21.5. The molecule has 0 aliphatic carbocycles. The second kappa shape index (κ2) is 5.50. The van der Waals surface area contributed by atoms with E-state index in [9.17, 15) is 14.9 Å². The van der Waals surface area contributed by atoms with Gasteiger partial charge in [-0.05, 0) is 40.3 Å². The summed E-state index contributed by atoms with van der Waals surface area (Å²) >= 11 is 7.02. The summed E-state index contributed by atoms with van der Waals surface area (Å²) in [6.07, 6.45) is 0. The highest BCUT2D eigenvalue weighted by atomic mass is 127. The minimum atomic E-state index is -0.793. The maximum atomic E-state index is 11.2. The topological polar surface area (TPSA) is 78.7 Å². The van der Waals surface area contributed by atoms with E-state index in [1.165, 1.54) is 20.3 Å². The fourth-order valence-corrected chi connectivity index (χ4v) is 2.41. The lowest BCUT2D eigenvalue weighted by atomic mass is 10.2. The first-order valence-corrected chi connectivity index (χ1v) is 5.68. The van der Waals surface area contributed by atoms with Gasteiger partial charge in [-0.15, -0.1) is 0 Å². The molecule has 0 saturated heterocycles. The maximum absolute atomic E-state index is 11.2. The maximum Gasteiger partial charge on any atom is 0.328 e. The second-order valence-corrected chi connectivity index (χ2v) is 4.28. The molecule has 0 aromatic heterocycles. The Morgan fingerprint density at radius 2 is 2.06 bits per heavy atom. The van der Waals surface area contributed by atoms with Crippen LogP contribution >= 0.6 is 34.2 Å². The molecular weight excluding hydrogens is 364 g/mol. The standard InChI is InChI=1S/C9H7ClINO5/c1-16-5-3-4(9(10)13)6(11)7(12(14)15)8(5)17-2/h3H,1-2H3. The lowest BCUT2D eigenvalue weighted by molar-refractivity contribution is -0.386. The molecule has 17 heavy (non-hydrogen) atoms. The van der Waals surface area contributed by atoms with Gasteiger partial charge in [0.25, 0.3) is 5.24 Å². The van der Waals surface area contributed by atoms with Crippen molar-refractivity contribution in [1.82, 2.24) is 0 Å². The summed E-state index contributed by atoms with van der Waals surface area (Å²) in [5, 5.41) is 10.2. The van der Waals surface area contributed by atoms with Crippen LogP contribution in [-0.2, 0) is 0 Å². The van der Waals surface area contributed by atoms with Crippen molar-refractivity contribution < 1.29 is 19.2 Å². The van der Waals surface area contributed by atoms with E-state index in [4.69, 9.17) is 21.1 Å². The van der Waals surface area contributed by atoms with Gasteiger partial charge in [-0.2, -0.15) is 0 Å². The Kier molecular flexibility index (Phi) is 4.52. The molecule has 1 aromatic rings. The predicted molar refractivity (Wildman–Crippen MR) is 69.1 cm³/mol. The summed E-state index contributed by atoms with van der Waals surface area (Å²) in [7, 11) is 2.60. The molecule has 0 atom stereocenters. The van der Waals surface area contributed by atoms with Crippen molar-refractivity contribution in [2.24, 2.45) is 0 Å². The van der Waals surface area contributed by atoms with Crippen LogP contribution in [0.25, 0.3) is 0 Å². The van der Waals surface area contributed by atoms with E-state index in [1.807, 2.05) is 0 Å². The highest BCUT2D eigenvalue weighted by Crippen LogP contribution is 2.42. The third kappa shape index (κ3) is 2.60. The normalized spacial score (nSPS) is 9.88. The Morgan fingerprint density at radius 1 is 1.47 bits per heavy atom. The summed E-state index contributed by atoms with van der Waals surface area (Å²) in [6, 6.07) is 1.31. The highest BCUT2D eigenvalue weighted by molar-refractivity contribution is 14.1. The Morgan fingerprint density at radius 3 is 2.41 bits per heavy atom. The Bertz CT molecular complexity index is 491. The average Bonchev–Trinajstić information content (AvgIpc) is 2.26. The van der Waals surface area contributed by atoms with Crippen LogP contribution in [0.15, 0.2) is 6.07 Å². The quantitative estimate of drug-likeness (QED) is 0.352. The molecule has 0 heterocycles. The molecule has 92 valence electrons. The van der Waals surface area contributed by atoms with Crippen molar-refractivity contribution in [1.29, 1.82) is 0 Å². The predicted octanol–water partition coefficient (Wildman–Crippen LogP) is 2.60. The van der Waals surface area contributed by atoms with Crippen molar-refractivity contribution in [3.05, 3.63) is 25.3 Å². The third-order valence-corrected chi connectivity index (χ3v) is 3.27. The fraction of sp³-hybridized carbons (Fsp3) is 0.222. The van der Waals surface area contributed by atoms with E-state index < -0.39 is 10.2 Å². The van der Waals surface area contributed by atoms with Crippen LogP contribution in [0.4, 0.5) is 5.69 Å². The molecule has 8 heteroatoms. The minimum absolute atomic E-state index is 0.0108. The summed E-state index contributed by atoms with van der Waals surface area (Å²) in [5.74, 6) is 0.0483. The number of carbonyl (C=O) groups excluding carboxylic acids is 1. The SMILES string of the molecule is COc1cc(C(=O)Cl)c(I)c([N+](=O)[O-])c1OC. The van der Waals surface area contributed by atoms with E-state index in [1.54, 1.807) is 22.6 Å². The van der Waals surface area contributed by atoms with Gasteiger partial charge < -0.3 is 9.47 Å². The number of methoxy groups -OCH3 is 2. The largest absolute Gasteiger partial charge is 0.493 e. The van der Waals surface area contributed by atoms with Crippen molar-refractivity contribution in [3.8, 4) is 11.5 Å². The number of hydrogen-bond donors (Lipinski definition) is 0. The highest BCUT2D eigenvalue weighted by Gasteiger charge is 2.29. The summed E-state index contributed by atoms with van der Waals surface area (Å²) in [6.45, 7) is 0. The van der Waals surface area contributed by atoms with E-state index in [2.05, 4.69) is 0 Å². The number of nitrogens with zero attached hydrogens (tertiary/aromatic N) is 1. The molecule has 0 aliphatic rings. The van der Waals surface area contributed by atoms with Crippen LogP contribution in [0.1, 0.15) is 10.4 Å². The average molecular weight is 372 g/mol. The smallest absolute Gasteiger partial charge is 0.328 e. The fourth-order valence-electron chi connectivity index (χ4n) is 1.26.